The maximum absolute atomic E-state index is 13.4. The molecule has 0 atom stereocenters. The van der Waals surface area contributed by atoms with Crippen molar-refractivity contribution < 1.29 is 14.4 Å². The molecule has 1 aliphatic rings. The largest absolute Gasteiger partial charge is 0.326 e. The quantitative estimate of drug-likeness (QED) is 0.678. The van der Waals surface area contributed by atoms with E-state index in [0.717, 1.165) is 0 Å². The van der Waals surface area contributed by atoms with E-state index in [9.17, 15) is 14.4 Å². The Balaban J connectivity index is 2.08. The van der Waals surface area contributed by atoms with Crippen molar-refractivity contribution >= 4 is 58.0 Å². The molecule has 0 saturated carbocycles. The standard InChI is InChI=1S/C22H21ClN2O3S/c1-12(2)29-20-19(15-8-10-16(11-9-15)24-14(4)26)21(27)25(22(20)28)18-7-5-6-17(23)13(18)3/h5-12H,1-4H3,(H,24,26). The zero-order chi connectivity index (χ0) is 21.3. The third-order valence-electron chi connectivity index (χ3n) is 4.37. The number of thioether (sulfide) groups is 1. The van der Waals surface area contributed by atoms with E-state index in [1.807, 2.05) is 13.8 Å². The van der Waals surface area contributed by atoms with Crippen LogP contribution in [0.3, 0.4) is 0 Å². The Morgan fingerprint density at radius 1 is 1.07 bits per heavy atom. The van der Waals surface area contributed by atoms with Gasteiger partial charge in [-0.2, -0.15) is 0 Å². The van der Waals surface area contributed by atoms with Gasteiger partial charge in [-0.25, -0.2) is 4.90 Å². The summed E-state index contributed by atoms with van der Waals surface area (Å²) in [5, 5.41) is 3.31. The second-order valence-corrected chi connectivity index (χ2v) is 8.95. The number of carbonyl (C=O) groups excluding carboxylic acids is 3. The van der Waals surface area contributed by atoms with E-state index in [0.29, 0.717) is 38.0 Å². The summed E-state index contributed by atoms with van der Waals surface area (Å²) in [7, 11) is 0. The highest BCUT2D eigenvalue weighted by Crippen LogP contribution is 2.41. The molecule has 0 bridgehead atoms. The lowest BCUT2D eigenvalue weighted by Crippen LogP contribution is -2.32. The van der Waals surface area contributed by atoms with Crippen LogP contribution in [-0.2, 0) is 14.4 Å². The Morgan fingerprint density at radius 3 is 2.31 bits per heavy atom. The van der Waals surface area contributed by atoms with Gasteiger partial charge in [-0.05, 0) is 42.3 Å². The van der Waals surface area contributed by atoms with Crippen molar-refractivity contribution in [2.45, 2.75) is 32.9 Å². The topological polar surface area (TPSA) is 66.5 Å². The van der Waals surface area contributed by atoms with Gasteiger partial charge in [0.2, 0.25) is 5.91 Å². The van der Waals surface area contributed by atoms with Gasteiger partial charge in [-0.15, -0.1) is 11.8 Å². The van der Waals surface area contributed by atoms with E-state index >= 15 is 0 Å². The molecule has 7 heteroatoms. The number of halogens is 1. The maximum atomic E-state index is 13.4. The molecule has 0 fully saturated rings. The van der Waals surface area contributed by atoms with Gasteiger partial charge >= 0.3 is 0 Å². The molecule has 1 heterocycles. The molecule has 0 spiro atoms. The van der Waals surface area contributed by atoms with Gasteiger partial charge < -0.3 is 5.32 Å². The van der Waals surface area contributed by atoms with Crippen molar-refractivity contribution in [3.63, 3.8) is 0 Å². The number of amides is 3. The Bertz CT molecular complexity index is 1030. The predicted molar refractivity (Wildman–Crippen MR) is 119 cm³/mol. The molecule has 0 aromatic heterocycles. The highest BCUT2D eigenvalue weighted by atomic mass is 35.5. The summed E-state index contributed by atoms with van der Waals surface area (Å²) in [6.07, 6.45) is 0. The smallest absolute Gasteiger partial charge is 0.272 e. The van der Waals surface area contributed by atoms with Crippen LogP contribution in [0, 0.1) is 6.92 Å². The molecule has 0 radical (unpaired) electrons. The van der Waals surface area contributed by atoms with Crippen LogP contribution < -0.4 is 10.2 Å². The number of imide groups is 1. The molecule has 3 rings (SSSR count). The molecular weight excluding hydrogens is 408 g/mol. The van der Waals surface area contributed by atoms with Crippen molar-refractivity contribution in [2.75, 3.05) is 10.2 Å². The first-order chi connectivity index (χ1) is 13.7. The van der Waals surface area contributed by atoms with Crippen molar-refractivity contribution in [3.8, 4) is 0 Å². The SMILES string of the molecule is CC(=O)Nc1ccc(C2=C(SC(C)C)C(=O)N(c3cccc(Cl)c3C)C2=O)cc1. The maximum Gasteiger partial charge on any atom is 0.272 e. The van der Waals surface area contributed by atoms with Crippen LogP contribution in [0.1, 0.15) is 31.9 Å². The van der Waals surface area contributed by atoms with Crippen LogP contribution in [-0.4, -0.2) is 23.0 Å². The zero-order valence-corrected chi connectivity index (χ0v) is 18.1. The lowest BCUT2D eigenvalue weighted by Gasteiger charge is -2.18. The Labute approximate surface area is 179 Å². The molecule has 5 nitrogen and oxygen atoms in total. The van der Waals surface area contributed by atoms with Crippen molar-refractivity contribution in [3.05, 3.63) is 63.5 Å². The molecular formula is C22H21ClN2O3S. The molecule has 29 heavy (non-hydrogen) atoms. The van der Waals surface area contributed by atoms with Crippen molar-refractivity contribution in [1.82, 2.24) is 0 Å². The summed E-state index contributed by atoms with van der Waals surface area (Å²) in [5.41, 5.74) is 2.77. The van der Waals surface area contributed by atoms with Crippen molar-refractivity contribution in [1.29, 1.82) is 0 Å². The lowest BCUT2D eigenvalue weighted by molar-refractivity contribution is -0.120. The van der Waals surface area contributed by atoms with Gasteiger partial charge in [-0.1, -0.05) is 43.6 Å². The fraction of sp³-hybridized carbons (Fsp3) is 0.227. The summed E-state index contributed by atoms with van der Waals surface area (Å²) < 4.78 is 0. The molecule has 1 aliphatic heterocycles. The molecule has 0 aliphatic carbocycles. The zero-order valence-electron chi connectivity index (χ0n) is 16.6. The third-order valence-corrected chi connectivity index (χ3v) is 5.86. The van der Waals surface area contributed by atoms with Crippen LogP contribution in [0.2, 0.25) is 5.02 Å². The predicted octanol–water partition coefficient (Wildman–Crippen LogP) is 5.03. The van der Waals surface area contributed by atoms with Gasteiger partial charge in [0.25, 0.3) is 11.8 Å². The first kappa shape index (κ1) is 21.1. The summed E-state index contributed by atoms with van der Waals surface area (Å²) in [4.78, 5) is 39.4. The van der Waals surface area contributed by atoms with E-state index < -0.39 is 0 Å². The van der Waals surface area contributed by atoms with Crippen LogP contribution >= 0.6 is 23.4 Å². The number of hydrogen-bond donors (Lipinski definition) is 1. The Kier molecular flexibility index (Phi) is 6.15. The number of rotatable bonds is 5. The fourth-order valence-electron chi connectivity index (χ4n) is 3.09. The first-order valence-electron chi connectivity index (χ1n) is 9.13. The summed E-state index contributed by atoms with van der Waals surface area (Å²) in [6, 6.07) is 12.1. The molecule has 0 saturated heterocycles. The van der Waals surface area contributed by atoms with E-state index in [-0.39, 0.29) is 23.0 Å². The number of anilines is 2. The minimum atomic E-state index is -0.379. The highest BCUT2D eigenvalue weighted by molar-refractivity contribution is 8.04. The Morgan fingerprint density at radius 2 is 1.72 bits per heavy atom. The normalized spacial score (nSPS) is 14.2. The molecule has 2 aromatic rings. The number of nitrogens with one attached hydrogen (secondary N) is 1. The van der Waals surface area contributed by atoms with Gasteiger partial charge in [0.05, 0.1) is 16.2 Å². The molecule has 2 aromatic carbocycles. The number of benzene rings is 2. The molecule has 150 valence electrons. The van der Waals surface area contributed by atoms with E-state index in [4.69, 9.17) is 11.6 Å². The highest BCUT2D eigenvalue weighted by Gasteiger charge is 2.41. The summed E-state index contributed by atoms with van der Waals surface area (Å²) in [5.74, 6) is -0.904. The summed E-state index contributed by atoms with van der Waals surface area (Å²) >= 11 is 7.58. The molecule has 1 N–H and O–H groups in total. The van der Waals surface area contributed by atoms with Crippen LogP contribution in [0.25, 0.3) is 5.57 Å². The van der Waals surface area contributed by atoms with E-state index in [2.05, 4.69) is 5.32 Å². The lowest BCUT2D eigenvalue weighted by atomic mass is 10.1. The first-order valence-corrected chi connectivity index (χ1v) is 10.4. The Hall–Kier alpha value is -2.57. The third kappa shape index (κ3) is 4.23. The van der Waals surface area contributed by atoms with Crippen LogP contribution in [0.4, 0.5) is 11.4 Å². The number of hydrogen-bond acceptors (Lipinski definition) is 4. The average molecular weight is 429 g/mol. The minimum Gasteiger partial charge on any atom is -0.326 e. The average Bonchev–Trinajstić information content (AvgIpc) is 2.88. The second kappa shape index (κ2) is 8.43. The van der Waals surface area contributed by atoms with E-state index in [1.54, 1.807) is 49.4 Å². The van der Waals surface area contributed by atoms with Gasteiger partial charge in [-0.3, -0.25) is 14.4 Å². The molecule has 0 unspecified atom stereocenters. The number of nitrogens with zero attached hydrogens (tertiary/aromatic N) is 1. The van der Waals surface area contributed by atoms with Crippen molar-refractivity contribution in [2.24, 2.45) is 0 Å². The van der Waals surface area contributed by atoms with E-state index in [1.165, 1.54) is 23.6 Å². The van der Waals surface area contributed by atoms with Gasteiger partial charge in [0.1, 0.15) is 0 Å². The minimum absolute atomic E-state index is 0.121. The fourth-order valence-corrected chi connectivity index (χ4v) is 4.25. The molecule has 3 amide bonds. The number of carbonyl (C=O) groups is 3. The van der Waals surface area contributed by atoms with Gasteiger partial charge in [0.15, 0.2) is 0 Å². The summed E-state index contributed by atoms with van der Waals surface area (Å²) in [6.45, 7) is 7.16. The van der Waals surface area contributed by atoms with Crippen LogP contribution in [0.5, 0.6) is 0 Å². The van der Waals surface area contributed by atoms with Gasteiger partial charge in [0, 0.05) is 22.9 Å². The second-order valence-electron chi connectivity index (χ2n) is 6.96. The van der Waals surface area contributed by atoms with Crippen LogP contribution in [0.15, 0.2) is 47.4 Å². The monoisotopic (exact) mass is 428 g/mol.